The SMILES string of the molecule is [O-][n+]1ccc2c3ccccc3n(O)c2c1. The van der Waals surface area contributed by atoms with E-state index < -0.39 is 0 Å². The van der Waals surface area contributed by atoms with Gasteiger partial charge in [0, 0.05) is 16.8 Å². The zero-order valence-electron chi connectivity index (χ0n) is 7.79. The molecule has 2 heterocycles. The molecule has 3 rings (SSSR count). The third-order valence-corrected chi connectivity index (χ3v) is 2.56. The Morgan fingerprint density at radius 2 is 1.80 bits per heavy atom. The maximum atomic E-state index is 11.1. The summed E-state index contributed by atoms with van der Waals surface area (Å²) < 4.78 is 1.72. The van der Waals surface area contributed by atoms with Crippen LogP contribution < -0.4 is 4.73 Å². The van der Waals surface area contributed by atoms with Crippen molar-refractivity contribution in [3.8, 4) is 0 Å². The molecule has 74 valence electrons. The third kappa shape index (κ3) is 0.985. The highest BCUT2D eigenvalue weighted by atomic mass is 16.5. The van der Waals surface area contributed by atoms with Crippen LogP contribution in [-0.4, -0.2) is 9.94 Å². The fourth-order valence-corrected chi connectivity index (χ4v) is 1.88. The molecule has 0 unspecified atom stereocenters. The predicted octanol–water partition coefficient (Wildman–Crippen LogP) is 1.67. The van der Waals surface area contributed by atoms with Gasteiger partial charge in [-0.25, -0.2) is 0 Å². The summed E-state index contributed by atoms with van der Waals surface area (Å²) in [5.41, 5.74) is 1.23. The summed E-state index contributed by atoms with van der Waals surface area (Å²) >= 11 is 0. The van der Waals surface area contributed by atoms with Crippen LogP contribution in [-0.2, 0) is 0 Å². The fourth-order valence-electron chi connectivity index (χ4n) is 1.88. The molecular weight excluding hydrogens is 192 g/mol. The number of pyridine rings is 1. The lowest BCUT2D eigenvalue weighted by Crippen LogP contribution is -2.24. The van der Waals surface area contributed by atoms with Gasteiger partial charge in [0.15, 0.2) is 11.7 Å². The molecule has 0 bridgehead atoms. The van der Waals surface area contributed by atoms with Crippen molar-refractivity contribution in [2.75, 3.05) is 0 Å². The topological polar surface area (TPSA) is 52.1 Å². The van der Waals surface area contributed by atoms with Gasteiger partial charge >= 0.3 is 0 Å². The van der Waals surface area contributed by atoms with E-state index in [0.717, 1.165) is 15.5 Å². The van der Waals surface area contributed by atoms with Crippen LogP contribution in [0.5, 0.6) is 0 Å². The first-order chi connectivity index (χ1) is 7.27. The fraction of sp³-hybridized carbons (Fsp3) is 0. The first-order valence-corrected chi connectivity index (χ1v) is 4.58. The van der Waals surface area contributed by atoms with Crippen LogP contribution >= 0.6 is 0 Å². The standard InChI is InChI=1S/C11H8N2O2/c14-12-6-5-9-8-3-1-2-4-10(8)13(15)11(9)7-12/h1-7,15H. The Labute approximate surface area is 85.1 Å². The van der Waals surface area contributed by atoms with E-state index in [4.69, 9.17) is 0 Å². The number of rotatable bonds is 0. The molecule has 15 heavy (non-hydrogen) atoms. The Balaban J connectivity index is 2.63. The van der Waals surface area contributed by atoms with Crippen molar-refractivity contribution in [2.24, 2.45) is 0 Å². The predicted molar refractivity (Wildman–Crippen MR) is 55.6 cm³/mol. The van der Waals surface area contributed by atoms with Gasteiger partial charge in [-0.15, -0.1) is 0 Å². The van der Waals surface area contributed by atoms with Gasteiger partial charge in [-0.05, 0) is 6.07 Å². The van der Waals surface area contributed by atoms with Gasteiger partial charge in [0.05, 0.1) is 5.52 Å². The smallest absolute Gasteiger partial charge is 0.208 e. The molecule has 4 nitrogen and oxygen atoms in total. The van der Waals surface area contributed by atoms with Gasteiger partial charge < -0.3 is 10.4 Å². The van der Waals surface area contributed by atoms with Crippen LogP contribution in [0, 0.1) is 5.21 Å². The summed E-state index contributed by atoms with van der Waals surface area (Å²) in [6.45, 7) is 0. The zero-order chi connectivity index (χ0) is 10.4. The second kappa shape index (κ2) is 2.63. The van der Waals surface area contributed by atoms with Crippen molar-refractivity contribution in [2.45, 2.75) is 0 Å². The van der Waals surface area contributed by atoms with Gasteiger partial charge in [-0.3, -0.25) is 0 Å². The summed E-state index contributed by atoms with van der Waals surface area (Å²) in [6.07, 6.45) is 2.78. The highest BCUT2D eigenvalue weighted by Gasteiger charge is 2.11. The zero-order valence-corrected chi connectivity index (χ0v) is 7.79. The van der Waals surface area contributed by atoms with E-state index in [-0.39, 0.29) is 0 Å². The third-order valence-electron chi connectivity index (χ3n) is 2.56. The Bertz CT molecular complexity index is 658. The molecule has 3 aromatic rings. The van der Waals surface area contributed by atoms with Crippen molar-refractivity contribution < 1.29 is 9.94 Å². The van der Waals surface area contributed by atoms with Crippen molar-refractivity contribution in [3.63, 3.8) is 0 Å². The van der Waals surface area contributed by atoms with Crippen LogP contribution in [0.25, 0.3) is 21.8 Å². The number of para-hydroxylation sites is 1. The van der Waals surface area contributed by atoms with Gasteiger partial charge in [-0.1, -0.05) is 18.2 Å². The van der Waals surface area contributed by atoms with E-state index in [2.05, 4.69) is 0 Å². The van der Waals surface area contributed by atoms with Crippen LogP contribution in [0.2, 0.25) is 0 Å². The minimum absolute atomic E-state index is 0.522. The summed E-state index contributed by atoms with van der Waals surface area (Å²) in [6, 6.07) is 9.18. The lowest BCUT2D eigenvalue weighted by molar-refractivity contribution is -0.604. The number of hydrogen-bond donors (Lipinski definition) is 1. The summed E-state index contributed by atoms with van der Waals surface area (Å²) in [5.74, 6) is 0. The van der Waals surface area contributed by atoms with Gasteiger partial charge in [0.25, 0.3) is 0 Å². The molecule has 1 N–H and O–H groups in total. The lowest BCUT2D eigenvalue weighted by atomic mass is 10.2. The number of fused-ring (bicyclic) bond motifs is 3. The normalized spacial score (nSPS) is 11.2. The summed E-state index contributed by atoms with van der Waals surface area (Å²) in [5, 5.41) is 22.8. The van der Waals surface area contributed by atoms with Crippen LogP contribution in [0.3, 0.4) is 0 Å². The minimum atomic E-state index is 0.522. The van der Waals surface area contributed by atoms with E-state index in [1.807, 2.05) is 24.3 Å². The van der Waals surface area contributed by atoms with Crippen LogP contribution in [0.15, 0.2) is 42.7 Å². The van der Waals surface area contributed by atoms with E-state index in [1.54, 1.807) is 6.07 Å². The van der Waals surface area contributed by atoms with Gasteiger partial charge in [0.2, 0.25) is 6.20 Å². The molecule has 2 aromatic heterocycles. The molecule has 0 radical (unpaired) electrons. The monoisotopic (exact) mass is 200 g/mol. The highest BCUT2D eigenvalue weighted by Crippen LogP contribution is 2.25. The lowest BCUT2D eigenvalue weighted by Gasteiger charge is -1.96. The molecule has 0 saturated heterocycles. The molecule has 0 spiro atoms. The van der Waals surface area contributed by atoms with Gasteiger partial charge in [0.1, 0.15) is 0 Å². The van der Waals surface area contributed by atoms with E-state index in [0.29, 0.717) is 15.8 Å². The van der Waals surface area contributed by atoms with E-state index >= 15 is 0 Å². The number of nitrogens with zero attached hydrogens (tertiary/aromatic N) is 2. The summed E-state index contributed by atoms with van der Waals surface area (Å²) in [4.78, 5) is 0. The first-order valence-electron chi connectivity index (χ1n) is 4.58. The van der Waals surface area contributed by atoms with E-state index in [1.165, 1.54) is 12.4 Å². The van der Waals surface area contributed by atoms with Crippen molar-refractivity contribution >= 4 is 21.8 Å². The van der Waals surface area contributed by atoms with Gasteiger partial charge in [-0.2, -0.15) is 9.46 Å². The molecule has 0 fully saturated rings. The number of hydrogen-bond acceptors (Lipinski definition) is 2. The number of aromatic nitrogens is 2. The quantitative estimate of drug-likeness (QED) is 0.341. The molecule has 1 aromatic carbocycles. The molecule has 0 atom stereocenters. The molecule has 0 saturated carbocycles. The summed E-state index contributed by atoms with van der Waals surface area (Å²) in [7, 11) is 0. The highest BCUT2D eigenvalue weighted by molar-refractivity contribution is 6.06. The largest absolute Gasteiger partial charge is 0.619 e. The molecule has 0 aliphatic heterocycles. The number of benzene rings is 1. The Morgan fingerprint density at radius 1 is 1.07 bits per heavy atom. The van der Waals surface area contributed by atoms with Crippen molar-refractivity contribution in [1.82, 2.24) is 4.73 Å². The minimum Gasteiger partial charge on any atom is -0.619 e. The Kier molecular flexibility index (Phi) is 1.42. The molecule has 0 amide bonds. The molecule has 4 heteroatoms. The van der Waals surface area contributed by atoms with Crippen molar-refractivity contribution in [3.05, 3.63) is 47.9 Å². The van der Waals surface area contributed by atoms with E-state index in [9.17, 15) is 10.4 Å². The average molecular weight is 200 g/mol. The average Bonchev–Trinajstić information content (AvgIpc) is 2.54. The van der Waals surface area contributed by atoms with Crippen LogP contribution in [0.4, 0.5) is 0 Å². The van der Waals surface area contributed by atoms with Crippen molar-refractivity contribution in [1.29, 1.82) is 0 Å². The second-order valence-corrected chi connectivity index (χ2v) is 3.43. The molecule has 0 aliphatic carbocycles. The Morgan fingerprint density at radius 3 is 2.67 bits per heavy atom. The maximum Gasteiger partial charge on any atom is 0.208 e. The Hall–Kier alpha value is -2.23. The second-order valence-electron chi connectivity index (χ2n) is 3.43. The maximum absolute atomic E-state index is 11.1. The van der Waals surface area contributed by atoms with Crippen LogP contribution in [0.1, 0.15) is 0 Å². The molecular formula is C11H8N2O2. The molecule has 0 aliphatic rings. The first kappa shape index (κ1) is 8.11.